The molecular weight excluding hydrogens is 637 g/mol. The summed E-state index contributed by atoms with van der Waals surface area (Å²) in [5.41, 5.74) is 6.97. The number of carbonyl (C=O) groups is 3. The first-order valence-electron chi connectivity index (χ1n) is 15.5. The van der Waals surface area contributed by atoms with Gasteiger partial charge in [-0.25, -0.2) is 0 Å². The van der Waals surface area contributed by atoms with E-state index in [0.29, 0.717) is 39.6 Å². The van der Waals surface area contributed by atoms with Crippen LogP contribution >= 0.6 is 11.8 Å². The smallest absolute Gasteiger partial charge is 0.272 e. The standard InChI is InChI=1S/C40H34N2O6S/c1-46-36-23-38(48-3)37(47-2)22-29(36)21-34(42-39(44)25-9-5-4-6-10-25)40(45)41-30-14-16-31(17-15-30)49-24-35(43)27-13-18-33-28(20-27)19-26-11-7-8-12-32(26)33/h4-18,20-23H,19,24H2,1-3H3,(H,41,45)(H,42,44)/b34-21-. The largest absolute Gasteiger partial charge is 0.496 e. The van der Waals surface area contributed by atoms with Gasteiger partial charge < -0.3 is 24.8 Å². The lowest BCUT2D eigenvalue weighted by Gasteiger charge is -2.15. The van der Waals surface area contributed by atoms with Crippen LogP contribution in [-0.2, 0) is 11.2 Å². The summed E-state index contributed by atoms with van der Waals surface area (Å²) < 4.78 is 16.4. The number of benzene rings is 5. The first-order chi connectivity index (χ1) is 23.9. The van der Waals surface area contributed by atoms with Gasteiger partial charge in [0.25, 0.3) is 11.8 Å². The van der Waals surface area contributed by atoms with Crippen LogP contribution in [0.4, 0.5) is 5.69 Å². The lowest BCUT2D eigenvalue weighted by atomic mass is 10.0. The van der Waals surface area contributed by atoms with Crippen molar-refractivity contribution < 1.29 is 28.6 Å². The number of rotatable bonds is 12. The molecule has 0 atom stereocenters. The highest BCUT2D eigenvalue weighted by Gasteiger charge is 2.20. The molecule has 0 aliphatic heterocycles. The Hall–Kier alpha value is -5.80. The third kappa shape index (κ3) is 7.52. The molecule has 0 unspecified atom stereocenters. The lowest BCUT2D eigenvalue weighted by molar-refractivity contribution is -0.113. The molecule has 1 aliphatic rings. The van der Waals surface area contributed by atoms with Crippen LogP contribution in [0.25, 0.3) is 17.2 Å². The number of fused-ring (bicyclic) bond motifs is 3. The number of thioether (sulfide) groups is 1. The maximum absolute atomic E-state index is 13.6. The second-order valence-corrected chi connectivity index (χ2v) is 12.3. The van der Waals surface area contributed by atoms with E-state index < -0.39 is 11.8 Å². The SMILES string of the molecule is COc1cc(OC)c(OC)cc1/C=C(\NC(=O)c1ccccc1)C(=O)Nc1ccc(SCC(=O)c2ccc3c(c2)Cc2ccccc2-3)cc1. The number of anilines is 1. The van der Waals surface area contributed by atoms with Crippen molar-refractivity contribution in [2.24, 2.45) is 0 Å². The third-order valence-corrected chi connectivity index (χ3v) is 9.17. The van der Waals surface area contributed by atoms with Crippen molar-refractivity contribution >= 4 is 41.1 Å². The Kier molecular flexibility index (Phi) is 10.1. The highest BCUT2D eigenvalue weighted by Crippen LogP contribution is 2.37. The molecule has 246 valence electrons. The molecule has 0 saturated heterocycles. The maximum Gasteiger partial charge on any atom is 0.272 e. The van der Waals surface area contributed by atoms with Crippen molar-refractivity contribution in [1.29, 1.82) is 0 Å². The number of amides is 2. The molecule has 2 amide bonds. The molecule has 6 rings (SSSR count). The first kappa shape index (κ1) is 33.1. The highest BCUT2D eigenvalue weighted by molar-refractivity contribution is 8.00. The van der Waals surface area contributed by atoms with Gasteiger partial charge >= 0.3 is 0 Å². The maximum atomic E-state index is 13.6. The van der Waals surface area contributed by atoms with E-state index in [9.17, 15) is 14.4 Å². The zero-order valence-electron chi connectivity index (χ0n) is 27.2. The molecule has 0 aromatic heterocycles. The van der Waals surface area contributed by atoms with Gasteiger partial charge in [-0.1, -0.05) is 54.6 Å². The lowest BCUT2D eigenvalue weighted by Crippen LogP contribution is -2.30. The summed E-state index contributed by atoms with van der Waals surface area (Å²) in [6.07, 6.45) is 2.35. The van der Waals surface area contributed by atoms with Gasteiger partial charge in [-0.3, -0.25) is 14.4 Å². The van der Waals surface area contributed by atoms with Crippen LogP contribution in [0.2, 0.25) is 0 Å². The monoisotopic (exact) mass is 670 g/mol. The summed E-state index contributed by atoms with van der Waals surface area (Å²) in [6.45, 7) is 0. The second-order valence-electron chi connectivity index (χ2n) is 11.2. The topological polar surface area (TPSA) is 103 Å². The molecule has 5 aromatic rings. The van der Waals surface area contributed by atoms with Crippen molar-refractivity contribution in [3.63, 3.8) is 0 Å². The van der Waals surface area contributed by atoms with E-state index in [1.54, 1.807) is 54.6 Å². The number of hydrogen-bond acceptors (Lipinski definition) is 7. The van der Waals surface area contributed by atoms with Gasteiger partial charge in [-0.2, -0.15) is 0 Å². The van der Waals surface area contributed by atoms with E-state index in [2.05, 4.69) is 22.8 Å². The van der Waals surface area contributed by atoms with Gasteiger partial charge in [-0.15, -0.1) is 11.8 Å². The molecule has 0 bridgehead atoms. The minimum absolute atomic E-state index is 0.0131. The van der Waals surface area contributed by atoms with Gasteiger partial charge in [0.15, 0.2) is 17.3 Å². The zero-order chi connectivity index (χ0) is 34.3. The number of carbonyl (C=O) groups excluding carboxylic acids is 3. The molecule has 5 aromatic carbocycles. The summed E-state index contributed by atoms with van der Waals surface area (Å²) >= 11 is 1.43. The summed E-state index contributed by atoms with van der Waals surface area (Å²) in [5, 5.41) is 5.60. The molecule has 9 heteroatoms. The molecule has 0 fully saturated rings. The van der Waals surface area contributed by atoms with Crippen LogP contribution in [-0.4, -0.2) is 44.7 Å². The molecule has 49 heavy (non-hydrogen) atoms. The number of nitrogens with one attached hydrogen (secondary N) is 2. The predicted molar refractivity (Wildman–Crippen MR) is 193 cm³/mol. The van der Waals surface area contributed by atoms with Crippen molar-refractivity contribution in [1.82, 2.24) is 5.32 Å². The Morgan fingerprint density at radius 1 is 0.694 bits per heavy atom. The van der Waals surface area contributed by atoms with E-state index in [4.69, 9.17) is 14.2 Å². The van der Waals surface area contributed by atoms with Crippen LogP contribution in [0.5, 0.6) is 17.2 Å². The fourth-order valence-corrected chi connectivity index (χ4v) is 6.44. The second kappa shape index (κ2) is 15.0. The van der Waals surface area contributed by atoms with E-state index in [0.717, 1.165) is 11.3 Å². The summed E-state index contributed by atoms with van der Waals surface area (Å²) in [4.78, 5) is 40.7. The number of ketones is 1. The van der Waals surface area contributed by atoms with Gasteiger partial charge in [-0.05, 0) is 83.3 Å². The summed E-state index contributed by atoms with van der Waals surface area (Å²) in [6, 6.07) is 33.4. The average molecular weight is 671 g/mol. The number of methoxy groups -OCH3 is 3. The number of ether oxygens (including phenoxy) is 3. The minimum Gasteiger partial charge on any atom is -0.496 e. The Morgan fingerprint density at radius 2 is 1.37 bits per heavy atom. The van der Waals surface area contributed by atoms with Crippen LogP contribution in [0.1, 0.15) is 37.4 Å². The Labute approximate surface area is 289 Å². The Morgan fingerprint density at radius 3 is 2.10 bits per heavy atom. The van der Waals surface area contributed by atoms with Crippen molar-refractivity contribution in [2.45, 2.75) is 11.3 Å². The molecule has 0 saturated carbocycles. The van der Waals surface area contributed by atoms with Crippen LogP contribution in [0.3, 0.4) is 0 Å². The van der Waals surface area contributed by atoms with Gasteiger partial charge in [0.05, 0.1) is 27.1 Å². The fourth-order valence-electron chi connectivity index (χ4n) is 5.65. The summed E-state index contributed by atoms with van der Waals surface area (Å²) in [7, 11) is 4.52. The molecule has 0 radical (unpaired) electrons. The number of Topliss-reactive ketones (excluding diaryl/α,β-unsaturated/α-hetero) is 1. The van der Waals surface area contributed by atoms with Crippen LogP contribution < -0.4 is 24.8 Å². The minimum atomic E-state index is -0.546. The molecular formula is C40H34N2O6S. The normalized spacial score (nSPS) is 11.6. The van der Waals surface area contributed by atoms with Crippen molar-refractivity contribution in [3.05, 3.63) is 143 Å². The molecule has 8 nitrogen and oxygen atoms in total. The van der Waals surface area contributed by atoms with E-state index >= 15 is 0 Å². The van der Waals surface area contributed by atoms with Crippen LogP contribution in [0.15, 0.2) is 120 Å². The summed E-state index contributed by atoms with van der Waals surface area (Å²) in [5.74, 6) is 0.628. The van der Waals surface area contributed by atoms with Gasteiger partial charge in [0.2, 0.25) is 0 Å². The predicted octanol–water partition coefficient (Wildman–Crippen LogP) is 7.67. The Bertz CT molecular complexity index is 2060. The van der Waals surface area contributed by atoms with Gasteiger partial charge in [0.1, 0.15) is 11.4 Å². The molecule has 1 aliphatic carbocycles. The average Bonchev–Trinajstić information content (AvgIpc) is 3.52. The van der Waals surface area contributed by atoms with E-state index in [-0.39, 0.29) is 17.2 Å². The van der Waals surface area contributed by atoms with Crippen molar-refractivity contribution in [3.8, 4) is 28.4 Å². The Balaban J connectivity index is 1.15. The third-order valence-electron chi connectivity index (χ3n) is 8.16. The molecule has 0 heterocycles. The highest BCUT2D eigenvalue weighted by atomic mass is 32.2. The van der Waals surface area contributed by atoms with Crippen LogP contribution in [0, 0.1) is 0 Å². The van der Waals surface area contributed by atoms with Crippen molar-refractivity contribution in [2.75, 3.05) is 32.4 Å². The molecule has 2 N–H and O–H groups in total. The zero-order valence-corrected chi connectivity index (χ0v) is 28.1. The fraction of sp³-hybridized carbons (Fsp3) is 0.125. The molecule has 0 spiro atoms. The van der Waals surface area contributed by atoms with E-state index in [1.165, 1.54) is 61.4 Å². The van der Waals surface area contributed by atoms with E-state index in [1.807, 2.05) is 42.5 Å². The number of hydrogen-bond donors (Lipinski definition) is 2. The quantitative estimate of drug-likeness (QED) is 0.0783. The first-order valence-corrected chi connectivity index (χ1v) is 16.5. The van der Waals surface area contributed by atoms with Gasteiger partial charge in [0, 0.05) is 33.3 Å².